The third-order valence-electron chi connectivity index (χ3n) is 3.77. The smallest absolute Gasteiger partial charge is 0.0831 e. The molecule has 0 aromatic heterocycles. The molecule has 0 radical (unpaired) electrons. The van der Waals surface area contributed by atoms with E-state index >= 15 is 0 Å². The van der Waals surface area contributed by atoms with E-state index in [0.29, 0.717) is 5.92 Å². The molecule has 0 bridgehead atoms. The molecule has 2 heteroatoms. The van der Waals surface area contributed by atoms with Crippen LogP contribution in [0.15, 0.2) is 0 Å². The minimum Gasteiger partial charge on any atom is -0.377 e. The molecule has 0 saturated heterocycles. The van der Waals surface area contributed by atoms with E-state index in [0.717, 1.165) is 12.8 Å². The molecule has 1 atom stereocenters. The predicted octanol–water partition coefficient (Wildman–Crippen LogP) is 2.32. The third kappa shape index (κ3) is 1.89. The van der Waals surface area contributed by atoms with E-state index in [2.05, 4.69) is 13.8 Å². The summed E-state index contributed by atoms with van der Waals surface area (Å²) < 4.78 is 5.60. The van der Waals surface area contributed by atoms with Crippen LogP contribution in [0.2, 0.25) is 0 Å². The number of rotatable bonds is 5. The summed E-state index contributed by atoms with van der Waals surface area (Å²) in [5, 5.41) is 0. The van der Waals surface area contributed by atoms with E-state index < -0.39 is 0 Å². The van der Waals surface area contributed by atoms with Gasteiger partial charge in [-0.2, -0.15) is 0 Å². The Bertz CT molecular complexity index is 145. The Morgan fingerprint density at radius 3 is 2.08 bits per heavy atom. The summed E-state index contributed by atoms with van der Waals surface area (Å²) in [6.07, 6.45) is 5.93. The van der Waals surface area contributed by atoms with Gasteiger partial charge >= 0.3 is 0 Å². The molecule has 78 valence electrons. The highest BCUT2D eigenvalue weighted by Crippen LogP contribution is 2.40. The zero-order chi connectivity index (χ0) is 9.90. The van der Waals surface area contributed by atoms with Gasteiger partial charge in [-0.05, 0) is 25.2 Å². The maximum absolute atomic E-state index is 6.26. The van der Waals surface area contributed by atoms with Crippen LogP contribution in [0.1, 0.15) is 46.0 Å². The molecule has 1 aliphatic carbocycles. The van der Waals surface area contributed by atoms with E-state index in [1.807, 2.05) is 0 Å². The van der Waals surface area contributed by atoms with Crippen LogP contribution in [0.4, 0.5) is 0 Å². The lowest BCUT2D eigenvalue weighted by Crippen LogP contribution is -2.57. The van der Waals surface area contributed by atoms with Gasteiger partial charge in [-0.1, -0.05) is 26.7 Å². The lowest BCUT2D eigenvalue weighted by Gasteiger charge is -2.47. The Hall–Kier alpha value is -0.0800. The molecular weight excluding hydrogens is 162 g/mol. The molecule has 1 aliphatic rings. The van der Waals surface area contributed by atoms with Gasteiger partial charge in [0, 0.05) is 13.2 Å². The van der Waals surface area contributed by atoms with Crippen molar-refractivity contribution in [2.45, 2.75) is 57.6 Å². The SMILES string of the molecule is CCC(CC)C(N)C1(OC)CCC1. The van der Waals surface area contributed by atoms with Crippen LogP contribution in [0.3, 0.4) is 0 Å². The quantitative estimate of drug-likeness (QED) is 0.713. The van der Waals surface area contributed by atoms with E-state index in [1.165, 1.54) is 19.3 Å². The molecule has 1 rings (SSSR count). The predicted molar refractivity (Wildman–Crippen MR) is 55.6 cm³/mol. The third-order valence-corrected chi connectivity index (χ3v) is 3.77. The highest BCUT2D eigenvalue weighted by atomic mass is 16.5. The molecule has 2 nitrogen and oxygen atoms in total. The fourth-order valence-electron chi connectivity index (χ4n) is 2.42. The first-order valence-corrected chi connectivity index (χ1v) is 5.51. The van der Waals surface area contributed by atoms with Gasteiger partial charge in [-0.25, -0.2) is 0 Å². The molecule has 1 saturated carbocycles. The highest BCUT2D eigenvalue weighted by molar-refractivity contribution is 5.00. The molecule has 1 unspecified atom stereocenters. The number of hydrogen-bond acceptors (Lipinski definition) is 2. The van der Waals surface area contributed by atoms with Crippen molar-refractivity contribution in [1.29, 1.82) is 0 Å². The van der Waals surface area contributed by atoms with Crippen molar-refractivity contribution in [2.75, 3.05) is 7.11 Å². The van der Waals surface area contributed by atoms with Crippen molar-refractivity contribution in [3.8, 4) is 0 Å². The van der Waals surface area contributed by atoms with Gasteiger partial charge in [0.15, 0.2) is 0 Å². The van der Waals surface area contributed by atoms with E-state index in [9.17, 15) is 0 Å². The molecular formula is C11H23NO. The van der Waals surface area contributed by atoms with Gasteiger partial charge in [0.2, 0.25) is 0 Å². The summed E-state index contributed by atoms with van der Waals surface area (Å²) in [7, 11) is 1.81. The van der Waals surface area contributed by atoms with Crippen LogP contribution >= 0.6 is 0 Å². The molecule has 13 heavy (non-hydrogen) atoms. The second-order valence-electron chi connectivity index (χ2n) is 4.22. The Labute approximate surface area is 81.8 Å². The summed E-state index contributed by atoms with van der Waals surface area (Å²) in [5.41, 5.74) is 6.29. The molecule has 0 aromatic rings. The summed E-state index contributed by atoms with van der Waals surface area (Å²) in [6, 6.07) is 0.237. The number of nitrogens with two attached hydrogens (primary N) is 1. The minimum atomic E-state index is 0.0245. The van der Waals surface area contributed by atoms with E-state index in [4.69, 9.17) is 10.5 Å². The molecule has 0 spiro atoms. The molecule has 1 fully saturated rings. The molecule has 0 aromatic carbocycles. The van der Waals surface area contributed by atoms with Crippen LogP contribution in [-0.2, 0) is 4.74 Å². The number of ether oxygens (including phenoxy) is 1. The first kappa shape index (κ1) is 11.0. The largest absolute Gasteiger partial charge is 0.377 e. The van der Waals surface area contributed by atoms with Gasteiger partial charge in [-0.3, -0.25) is 0 Å². The molecule has 0 heterocycles. The van der Waals surface area contributed by atoms with Crippen LogP contribution < -0.4 is 5.73 Å². The zero-order valence-electron chi connectivity index (χ0n) is 9.18. The van der Waals surface area contributed by atoms with Crippen molar-refractivity contribution < 1.29 is 4.74 Å². The zero-order valence-corrected chi connectivity index (χ0v) is 9.18. The van der Waals surface area contributed by atoms with Crippen LogP contribution in [0.25, 0.3) is 0 Å². The average Bonchev–Trinajstić information content (AvgIpc) is 2.05. The fraction of sp³-hybridized carbons (Fsp3) is 1.00. The maximum atomic E-state index is 6.26. The Balaban J connectivity index is 2.57. The number of hydrogen-bond donors (Lipinski definition) is 1. The van der Waals surface area contributed by atoms with Crippen LogP contribution in [0, 0.1) is 5.92 Å². The van der Waals surface area contributed by atoms with Crippen LogP contribution in [-0.4, -0.2) is 18.8 Å². The fourth-order valence-corrected chi connectivity index (χ4v) is 2.42. The van der Waals surface area contributed by atoms with Gasteiger partial charge in [0.25, 0.3) is 0 Å². The Morgan fingerprint density at radius 1 is 1.31 bits per heavy atom. The van der Waals surface area contributed by atoms with Crippen molar-refractivity contribution in [2.24, 2.45) is 11.7 Å². The lowest BCUT2D eigenvalue weighted by atomic mass is 9.69. The summed E-state index contributed by atoms with van der Waals surface area (Å²) in [5.74, 6) is 0.625. The van der Waals surface area contributed by atoms with Crippen LogP contribution in [0.5, 0.6) is 0 Å². The minimum absolute atomic E-state index is 0.0245. The van der Waals surface area contributed by atoms with Gasteiger partial charge in [0.1, 0.15) is 0 Å². The maximum Gasteiger partial charge on any atom is 0.0831 e. The summed E-state index contributed by atoms with van der Waals surface area (Å²) in [6.45, 7) is 4.44. The first-order valence-electron chi connectivity index (χ1n) is 5.51. The van der Waals surface area contributed by atoms with Gasteiger partial charge in [0.05, 0.1) is 5.60 Å². The highest BCUT2D eigenvalue weighted by Gasteiger charge is 2.44. The monoisotopic (exact) mass is 185 g/mol. The second-order valence-corrected chi connectivity index (χ2v) is 4.22. The van der Waals surface area contributed by atoms with Crippen molar-refractivity contribution in [3.63, 3.8) is 0 Å². The van der Waals surface area contributed by atoms with Gasteiger partial charge in [-0.15, -0.1) is 0 Å². The summed E-state index contributed by atoms with van der Waals surface area (Å²) in [4.78, 5) is 0. The van der Waals surface area contributed by atoms with Crippen molar-refractivity contribution in [1.82, 2.24) is 0 Å². The Kier molecular flexibility index (Phi) is 3.74. The average molecular weight is 185 g/mol. The van der Waals surface area contributed by atoms with E-state index in [1.54, 1.807) is 7.11 Å². The molecule has 0 aliphatic heterocycles. The summed E-state index contributed by atoms with van der Waals surface area (Å²) >= 11 is 0. The molecule has 0 amide bonds. The normalized spacial score (nSPS) is 22.8. The topological polar surface area (TPSA) is 35.2 Å². The molecule has 2 N–H and O–H groups in total. The number of methoxy groups -OCH3 is 1. The van der Waals surface area contributed by atoms with Crippen molar-refractivity contribution in [3.05, 3.63) is 0 Å². The Morgan fingerprint density at radius 2 is 1.85 bits per heavy atom. The first-order chi connectivity index (χ1) is 6.20. The van der Waals surface area contributed by atoms with E-state index in [-0.39, 0.29) is 11.6 Å². The second kappa shape index (κ2) is 4.43. The van der Waals surface area contributed by atoms with Gasteiger partial charge < -0.3 is 10.5 Å². The standard InChI is InChI=1S/C11H23NO/c1-4-9(5-2)10(12)11(13-3)7-6-8-11/h9-10H,4-8,12H2,1-3H3. The van der Waals surface area contributed by atoms with Crippen molar-refractivity contribution >= 4 is 0 Å². The lowest BCUT2D eigenvalue weighted by molar-refractivity contribution is -0.102.